The van der Waals surface area contributed by atoms with Crippen LogP contribution in [0, 0.1) is 12.8 Å². The summed E-state index contributed by atoms with van der Waals surface area (Å²) in [6.07, 6.45) is 3.70. The zero-order valence-electron chi connectivity index (χ0n) is 12.0. The molecule has 0 heterocycles. The van der Waals surface area contributed by atoms with Gasteiger partial charge in [0.25, 0.3) is 0 Å². The molecule has 0 bridgehead atoms. The van der Waals surface area contributed by atoms with Crippen LogP contribution in [0.4, 0.5) is 5.69 Å². The topological polar surface area (TPSA) is 40.5 Å². The van der Waals surface area contributed by atoms with Gasteiger partial charge in [0.2, 0.25) is 0 Å². The summed E-state index contributed by atoms with van der Waals surface area (Å²) in [5, 5.41) is 9.02. The van der Waals surface area contributed by atoms with E-state index in [9.17, 15) is 4.79 Å². The van der Waals surface area contributed by atoms with Gasteiger partial charge in [-0.1, -0.05) is 13.8 Å². The Kier molecular flexibility index (Phi) is 4.13. The van der Waals surface area contributed by atoms with E-state index in [4.69, 9.17) is 5.11 Å². The molecule has 1 aromatic rings. The minimum absolute atomic E-state index is 0.376. The van der Waals surface area contributed by atoms with Crippen molar-refractivity contribution < 1.29 is 9.90 Å². The van der Waals surface area contributed by atoms with Gasteiger partial charge in [0.05, 0.1) is 5.56 Å². The second kappa shape index (κ2) is 5.64. The molecule has 1 aliphatic carbocycles. The number of aromatic carboxylic acids is 1. The quantitative estimate of drug-likeness (QED) is 0.848. The van der Waals surface area contributed by atoms with Crippen molar-refractivity contribution >= 4 is 11.7 Å². The maximum absolute atomic E-state index is 11.0. The summed E-state index contributed by atoms with van der Waals surface area (Å²) in [6, 6.07) is 6.13. The predicted molar refractivity (Wildman–Crippen MR) is 78.0 cm³/mol. The lowest BCUT2D eigenvalue weighted by atomic mass is 10.1. The number of benzene rings is 1. The largest absolute Gasteiger partial charge is 0.478 e. The molecule has 0 saturated heterocycles. The maximum Gasteiger partial charge on any atom is 0.335 e. The van der Waals surface area contributed by atoms with E-state index in [2.05, 4.69) is 18.7 Å². The van der Waals surface area contributed by atoms with Gasteiger partial charge in [0.1, 0.15) is 0 Å². The summed E-state index contributed by atoms with van der Waals surface area (Å²) >= 11 is 0. The fourth-order valence-electron chi connectivity index (χ4n) is 2.39. The summed E-state index contributed by atoms with van der Waals surface area (Å²) in [5.74, 6) is -0.158. The van der Waals surface area contributed by atoms with Gasteiger partial charge in [0.15, 0.2) is 0 Å². The van der Waals surface area contributed by atoms with Crippen molar-refractivity contribution in [3.8, 4) is 0 Å². The van der Waals surface area contributed by atoms with Crippen molar-refractivity contribution in [3.63, 3.8) is 0 Å². The van der Waals surface area contributed by atoms with Crippen molar-refractivity contribution in [1.29, 1.82) is 0 Å². The van der Waals surface area contributed by atoms with Crippen LogP contribution in [0.1, 0.15) is 49.0 Å². The molecule has 1 aliphatic rings. The van der Waals surface area contributed by atoms with Crippen molar-refractivity contribution in [2.24, 2.45) is 5.92 Å². The van der Waals surface area contributed by atoms with Crippen LogP contribution in [-0.2, 0) is 0 Å². The third kappa shape index (κ3) is 3.49. The van der Waals surface area contributed by atoms with Crippen molar-refractivity contribution in [1.82, 2.24) is 0 Å². The van der Waals surface area contributed by atoms with Gasteiger partial charge in [-0.15, -0.1) is 0 Å². The smallest absolute Gasteiger partial charge is 0.335 e. The zero-order valence-corrected chi connectivity index (χ0v) is 12.0. The van der Waals surface area contributed by atoms with Crippen molar-refractivity contribution in [2.45, 2.75) is 46.1 Å². The number of carboxylic acids is 1. The molecule has 3 heteroatoms. The van der Waals surface area contributed by atoms with Crippen LogP contribution < -0.4 is 4.90 Å². The lowest BCUT2D eigenvalue weighted by Crippen LogP contribution is -2.28. The molecular weight excluding hydrogens is 238 g/mol. The van der Waals surface area contributed by atoms with Gasteiger partial charge >= 0.3 is 5.97 Å². The first-order chi connectivity index (χ1) is 8.99. The van der Waals surface area contributed by atoms with Crippen LogP contribution in [0.3, 0.4) is 0 Å². The van der Waals surface area contributed by atoms with E-state index in [-0.39, 0.29) is 0 Å². The molecule has 1 N–H and O–H groups in total. The summed E-state index contributed by atoms with van der Waals surface area (Å²) in [7, 11) is 0. The highest BCUT2D eigenvalue weighted by molar-refractivity contribution is 5.88. The molecule has 0 amide bonds. The Morgan fingerprint density at radius 3 is 2.58 bits per heavy atom. The molecule has 0 atom stereocenters. The highest BCUT2D eigenvalue weighted by Gasteiger charge is 2.29. The molecule has 0 radical (unpaired) electrons. The minimum atomic E-state index is -0.852. The van der Waals surface area contributed by atoms with Crippen LogP contribution in [0.15, 0.2) is 18.2 Å². The lowest BCUT2D eigenvalue weighted by Gasteiger charge is -2.27. The van der Waals surface area contributed by atoms with Crippen LogP contribution >= 0.6 is 0 Å². The number of carbonyl (C=O) groups is 1. The fourth-order valence-corrected chi connectivity index (χ4v) is 2.39. The molecule has 3 nitrogen and oxygen atoms in total. The van der Waals surface area contributed by atoms with E-state index in [1.807, 2.05) is 13.0 Å². The van der Waals surface area contributed by atoms with E-state index in [0.717, 1.165) is 12.1 Å². The molecule has 0 aromatic heterocycles. The Labute approximate surface area is 115 Å². The van der Waals surface area contributed by atoms with Crippen LogP contribution in [-0.4, -0.2) is 23.7 Å². The second-order valence-electron chi connectivity index (χ2n) is 5.91. The van der Waals surface area contributed by atoms with Crippen LogP contribution in [0.25, 0.3) is 0 Å². The lowest BCUT2D eigenvalue weighted by molar-refractivity contribution is 0.0697. The molecule has 1 aromatic carbocycles. The Morgan fingerprint density at radius 2 is 2.11 bits per heavy atom. The van der Waals surface area contributed by atoms with E-state index >= 15 is 0 Å². The molecule has 0 unspecified atom stereocenters. The molecule has 1 saturated carbocycles. The first-order valence-electron chi connectivity index (χ1n) is 7.09. The van der Waals surface area contributed by atoms with Crippen molar-refractivity contribution in [3.05, 3.63) is 29.3 Å². The number of hydrogen-bond acceptors (Lipinski definition) is 2. The first-order valence-corrected chi connectivity index (χ1v) is 7.09. The third-order valence-corrected chi connectivity index (χ3v) is 3.69. The molecule has 0 aliphatic heterocycles. The van der Waals surface area contributed by atoms with Crippen molar-refractivity contribution in [2.75, 3.05) is 11.4 Å². The summed E-state index contributed by atoms with van der Waals surface area (Å²) < 4.78 is 0. The molecule has 104 valence electrons. The first kappa shape index (κ1) is 13.9. The van der Waals surface area contributed by atoms with Crippen LogP contribution in [0.2, 0.25) is 0 Å². The van der Waals surface area contributed by atoms with Gasteiger partial charge in [0, 0.05) is 18.3 Å². The highest BCUT2D eigenvalue weighted by atomic mass is 16.4. The minimum Gasteiger partial charge on any atom is -0.478 e. The Balaban J connectivity index is 2.19. The normalized spacial score (nSPS) is 14.7. The van der Waals surface area contributed by atoms with Gasteiger partial charge in [-0.2, -0.15) is 0 Å². The van der Waals surface area contributed by atoms with Crippen LogP contribution in [0.5, 0.6) is 0 Å². The summed E-state index contributed by atoms with van der Waals surface area (Å²) in [6.45, 7) is 7.55. The SMILES string of the molecule is Cc1cc(C(=O)O)ccc1N(CCC(C)C)C1CC1. The van der Waals surface area contributed by atoms with E-state index in [0.29, 0.717) is 17.5 Å². The maximum atomic E-state index is 11.0. The predicted octanol–water partition coefficient (Wildman–Crippen LogP) is 3.71. The molecule has 0 spiro atoms. The van der Waals surface area contributed by atoms with Gasteiger partial charge in [-0.3, -0.25) is 0 Å². The highest BCUT2D eigenvalue weighted by Crippen LogP contribution is 2.34. The third-order valence-electron chi connectivity index (χ3n) is 3.69. The average Bonchev–Trinajstić information content (AvgIpc) is 3.14. The number of carboxylic acid groups (broad SMARTS) is 1. The fraction of sp³-hybridized carbons (Fsp3) is 0.562. The molecule has 19 heavy (non-hydrogen) atoms. The molecule has 1 fully saturated rings. The summed E-state index contributed by atoms with van der Waals surface area (Å²) in [5.41, 5.74) is 2.64. The van der Waals surface area contributed by atoms with E-state index in [1.54, 1.807) is 12.1 Å². The summed E-state index contributed by atoms with van der Waals surface area (Å²) in [4.78, 5) is 13.4. The number of rotatable bonds is 6. The standard InChI is InChI=1S/C16H23NO2/c1-11(2)8-9-17(14-5-6-14)15-7-4-13(16(18)19)10-12(15)3/h4,7,10-11,14H,5-6,8-9H2,1-3H3,(H,18,19). The van der Waals surface area contributed by atoms with Gasteiger partial charge in [-0.25, -0.2) is 4.79 Å². The number of aryl methyl sites for hydroxylation is 1. The molecule has 2 rings (SSSR count). The Morgan fingerprint density at radius 1 is 1.42 bits per heavy atom. The molecular formula is C16H23NO2. The average molecular weight is 261 g/mol. The number of anilines is 1. The Bertz CT molecular complexity index is 464. The zero-order chi connectivity index (χ0) is 14.0. The number of hydrogen-bond donors (Lipinski definition) is 1. The van der Waals surface area contributed by atoms with E-state index < -0.39 is 5.97 Å². The second-order valence-corrected chi connectivity index (χ2v) is 5.91. The van der Waals surface area contributed by atoms with E-state index in [1.165, 1.54) is 24.9 Å². The monoisotopic (exact) mass is 261 g/mol. The van der Waals surface area contributed by atoms with Gasteiger partial charge < -0.3 is 10.0 Å². The number of nitrogens with zero attached hydrogens (tertiary/aromatic N) is 1. The Hall–Kier alpha value is -1.51. The van der Waals surface area contributed by atoms with Gasteiger partial charge in [-0.05, 0) is 55.9 Å².